The van der Waals surface area contributed by atoms with Crippen LogP contribution in [0.15, 0.2) is 34.9 Å². The van der Waals surface area contributed by atoms with E-state index in [1.54, 1.807) is 19.1 Å². The maximum Gasteiger partial charge on any atom is 0.410 e. The highest BCUT2D eigenvalue weighted by atomic mass is 35.5. The summed E-state index contributed by atoms with van der Waals surface area (Å²) in [6.07, 6.45) is -3.17. The number of benzene rings is 1. The Bertz CT molecular complexity index is 1200. The van der Waals surface area contributed by atoms with Crippen molar-refractivity contribution < 1.29 is 22.5 Å². The van der Waals surface area contributed by atoms with Crippen molar-refractivity contribution in [3.63, 3.8) is 0 Å². The molecule has 6 nitrogen and oxygen atoms in total. The molecular weight excluding hydrogens is 468 g/mol. The first kappa shape index (κ1) is 21.3. The van der Waals surface area contributed by atoms with E-state index in [1.807, 2.05) is 0 Å². The van der Waals surface area contributed by atoms with Crippen molar-refractivity contribution in [2.24, 2.45) is 5.92 Å². The summed E-state index contributed by atoms with van der Waals surface area (Å²) in [6, 6.07) is 5.36. The fraction of sp³-hybridized carbons (Fsp3) is 0.381. The number of carbonyl (C=O) groups excluding carboxylic acids is 1. The molecule has 11 heteroatoms. The summed E-state index contributed by atoms with van der Waals surface area (Å²) in [5.41, 5.74) is 0.878. The molecule has 0 N–H and O–H groups in total. The van der Waals surface area contributed by atoms with Crippen LogP contribution in [0, 0.1) is 12.8 Å². The minimum Gasteiger partial charge on any atom is -0.355 e. The molecule has 0 unspecified atom stereocenters. The standard InChI is InChI=1S/C21H17Cl2F3N4O2/c1-10-6-19-29(16(11-2-3-11)9-18(21(24,25)26)30(19)27-10)20(31)15-8-17(32-28-15)13-5-4-12(22)7-14(13)23/h4-8,11,16,18H,2-3,9H2,1H3/t16-,18-/m1/s1. The largest absolute Gasteiger partial charge is 0.410 e. The monoisotopic (exact) mass is 484 g/mol. The molecule has 1 fully saturated rings. The number of nitrogens with zero attached hydrogens (tertiary/aromatic N) is 4. The van der Waals surface area contributed by atoms with Gasteiger partial charge in [0.1, 0.15) is 5.82 Å². The molecule has 1 aromatic carbocycles. The van der Waals surface area contributed by atoms with E-state index < -0.39 is 24.2 Å². The summed E-state index contributed by atoms with van der Waals surface area (Å²) >= 11 is 12.1. The number of aromatic nitrogens is 3. The Kier molecular flexibility index (Phi) is 5.01. The zero-order valence-corrected chi connectivity index (χ0v) is 18.2. The third-order valence-electron chi connectivity index (χ3n) is 5.87. The second-order valence-corrected chi connectivity index (χ2v) is 9.01. The van der Waals surface area contributed by atoms with E-state index in [-0.39, 0.29) is 29.6 Å². The van der Waals surface area contributed by atoms with E-state index in [4.69, 9.17) is 27.7 Å². The van der Waals surface area contributed by atoms with Crippen molar-refractivity contribution in [3.05, 3.63) is 51.8 Å². The third kappa shape index (κ3) is 3.67. The lowest BCUT2D eigenvalue weighted by Crippen LogP contribution is -2.50. The molecule has 0 radical (unpaired) electrons. The van der Waals surface area contributed by atoms with Crippen LogP contribution in [0.25, 0.3) is 11.3 Å². The summed E-state index contributed by atoms with van der Waals surface area (Å²) in [5, 5.41) is 8.69. The Balaban J connectivity index is 1.54. The minimum absolute atomic E-state index is 0.00448. The molecule has 32 heavy (non-hydrogen) atoms. The summed E-state index contributed by atoms with van der Waals surface area (Å²) in [7, 11) is 0. The van der Waals surface area contributed by atoms with E-state index in [0.29, 0.717) is 21.3 Å². The molecule has 2 aliphatic rings. The molecule has 3 aromatic rings. The van der Waals surface area contributed by atoms with Crippen LogP contribution in [0.2, 0.25) is 10.0 Å². The van der Waals surface area contributed by atoms with Crippen LogP contribution in [0.5, 0.6) is 0 Å². The lowest BCUT2D eigenvalue weighted by molar-refractivity contribution is -0.174. The second kappa shape index (κ2) is 7.52. The normalized spacial score (nSPS) is 21.0. The lowest BCUT2D eigenvalue weighted by Gasteiger charge is -2.40. The molecule has 0 bridgehead atoms. The summed E-state index contributed by atoms with van der Waals surface area (Å²) in [4.78, 5) is 14.9. The molecule has 2 atom stereocenters. The number of anilines is 1. The molecule has 1 saturated carbocycles. The quantitative estimate of drug-likeness (QED) is 0.451. The van der Waals surface area contributed by atoms with E-state index >= 15 is 0 Å². The van der Waals surface area contributed by atoms with Gasteiger partial charge in [-0.3, -0.25) is 9.69 Å². The van der Waals surface area contributed by atoms with E-state index in [9.17, 15) is 18.0 Å². The number of fused-ring (bicyclic) bond motifs is 1. The van der Waals surface area contributed by atoms with Crippen molar-refractivity contribution in [1.29, 1.82) is 0 Å². The first-order valence-corrected chi connectivity index (χ1v) is 10.8. The molecule has 3 heterocycles. The van der Waals surface area contributed by atoms with Crippen LogP contribution in [0.1, 0.15) is 41.5 Å². The molecule has 0 saturated heterocycles. The van der Waals surface area contributed by atoms with Gasteiger partial charge in [-0.15, -0.1) is 0 Å². The van der Waals surface area contributed by atoms with E-state index in [2.05, 4.69) is 10.3 Å². The Morgan fingerprint density at radius 2 is 1.94 bits per heavy atom. The van der Waals surface area contributed by atoms with Crippen LogP contribution < -0.4 is 4.90 Å². The number of halogens is 5. The van der Waals surface area contributed by atoms with Crippen molar-refractivity contribution in [2.45, 2.75) is 44.4 Å². The van der Waals surface area contributed by atoms with Gasteiger partial charge in [0.15, 0.2) is 17.5 Å². The topological polar surface area (TPSA) is 64.2 Å². The summed E-state index contributed by atoms with van der Waals surface area (Å²) in [6.45, 7) is 1.60. The van der Waals surface area contributed by atoms with Gasteiger partial charge in [-0.2, -0.15) is 18.3 Å². The van der Waals surface area contributed by atoms with Gasteiger partial charge < -0.3 is 4.52 Å². The smallest absolute Gasteiger partial charge is 0.355 e. The van der Waals surface area contributed by atoms with Crippen LogP contribution in [0.4, 0.5) is 19.0 Å². The average molecular weight is 485 g/mol. The first-order chi connectivity index (χ1) is 15.1. The van der Waals surface area contributed by atoms with Crippen molar-refractivity contribution in [3.8, 4) is 11.3 Å². The van der Waals surface area contributed by atoms with Crippen molar-refractivity contribution in [1.82, 2.24) is 14.9 Å². The van der Waals surface area contributed by atoms with Gasteiger partial charge in [-0.05, 0) is 50.3 Å². The van der Waals surface area contributed by atoms with E-state index in [1.165, 1.54) is 23.1 Å². The van der Waals surface area contributed by atoms with Crippen LogP contribution in [-0.4, -0.2) is 33.1 Å². The first-order valence-electron chi connectivity index (χ1n) is 10.0. The molecule has 5 rings (SSSR count). The zero-order valence-electron chi connectivity index (χ0n) is 16.7. The van der Waals surface area contributed by atoms with Crippen LogP contribution in [-0.2, 0) is 0 Å². The van der Waals surface area contributed by atoms with Crippen LogP contribution >= 0.6 is 23.2 Å². The fourth-order valence-electron chi connectivity index (χ4n) is 4.24. The maximum atomic E-state index is 13.8. The average Bonchev–Trinajstić information content (AvgIpc) is 3.30. The number of hydrogen-bond donors (Lipinski definition) is 0. The predicted octanol–water partition coefficient (Wildman–Crippen LogP) is 6.09. The highest BCUT2D eigenvalue weighted by Crippen LogP contribution is 2.48. The summed E-state index contributed by atoms with van der Waals surface area (Å²) < 4.78 is 47.6. The SMILES string of the molecule is Cc1cc2n(n1)[C@@H](C(F)(F)F)C[C@H](C1CC1)N2C(=O)c1cc(-c2ccc(Cl)cc2Cl)on1. The lowest BCUT2D eigenvalue weighted by atomic mass is 9.97. The molecule has 1 aliphatic heterocycles. The number of rotatable bonds is 3. The second-order valence-electron chi connectivity index (χ2n) is 8.16. The number of amides is 1. The number of alkyl halides is 3. The third-order valence-corrected chi connectivity index (χ3v) is 6.41. The number of aryl methyl sites for hydroxylation is 1. The number of carbonyl (C=O) groups is 1. The highest BCUT2D eigenvalue weighted by molar-refractivity contribution is 6.36. The molecule has 168 valence electrons. The predicted molar refractivity (Wildman–Crippen MR) is 112 cm³/mol. The number of hydrogen-bond acceptors (Lipinski definition) is 4. The fourth-order valence-corrected chi connectivity index (χ4v) is 4.74. The van der Waals surface area contributed by atoms with Gasteiger partial charge in [0.25, 0.3) is 5.91 Å². The Labute approximate surface area is 190 Å². The zero-order chi connectivity index (χ0) is 22.8. The molecular formula is C21H17Cl2F3N4O2. The maximum absolute atomic E-state index is 13.8. The van der Waals surface area contributed by atoms with Crippen LogP contribution in [0.3, 0.4) is 0 Å². The Morgan fingerprint density at radius 1 is 1.19 bits per heavy atom. The highest BCUT2D eigenvalue weighted by Gasteiger charge is 2.53. The minimum atomic E-state index is -4.47. The Morgan fingerprint density at radius 3 is 2.59 bits per heavy atom. The Hall–Kier alpha value is -2.52. The summed E-state index contributed by atoms with van der Waals surface area (Å²) in [5.74, 6) is -0.159. The van der Waals surface area contributed by atoms with Gasteiger partial charge in [0, 0.05) is 28.8 Å². The van der Waals surface area contributed by atoms with Gasteiger partial charge in [0.2, 0.25) is 0 Å². The van der Waals surface area contributed by atoms with Crippen molar-refractivity contribution in [2.75, 3.05) is 4.90 Å². The molecule has 1 aliphatic carbocycles. The van der Waals surface area contributed by atoms with Gasteiger partial charge in [-0.25, -0.2) is 4.68 Å². The molecule has 0 spiro atoms. The molecule has 2 aromatic heterocycles. The van der Waals surface area contributed by atoms with Gasteiger partial charge >= 0.3 is 6.18 Å². The molecule has 1 amide bonds. The van der Waals surface area contributed by atoms with Crippen molar-refractivity contribution >= 4 is 34.9 Å². The van der Waals surface area contributed by atoms with E-state index in [0.717, 1.165) is 17.5 Å². The van der Waals surface area contributed by atoms with Gasteiger partial charge in [-0.1, -0.05) is 28.4 Å². The van der Waals surface area contributed by atoms with Gasteiger partial charge in [0.05, 0.1) is 10.7 Å².